The van der Waals surface area contributed by atoms with Gasteiger partial charge in [0.25, 0.3) is 5.91 Å². The van der Waals surface area contributed by atoms with Crippen molar-refractivity contribution in [1.82, 2.24) is 9.29 Å². The molecule has 1 amide bonds. The molecule has 34 heavy (non-hydrogen) atoms. The van der Waals surface area contributed by atoms with Gasteiger partial charge in [-0.25, -0.2) is 31.4 Å². The highest BCUT2D eigenvalue weighted by atomic mass is 32.2. The van der Waals surface area contributed by atoms with Gasteiger partial charge in [0.15, 0.2) is 29.2 Å². The number of sulfonamides is 1. The lowest BCUT2D eigenvalue weighted by molar-refractivity contribution is -0.119. The molecule has 3 aromatic rings. The summed E-state index contributed by atoms with van der Waals surface area (Å²) in [6.07, 6.45) is 2.49. The number of ether oxygens (including phenoxy) is 1. The zero-order chi connectivity index (χ0) is 24.5. The van der Waals surface area contributed by atoms with E-state index in [1.54, 1.807) is 0 Å². The molecule has 0 saturated carbocycles. The van der Waals surface area contributed by atoms with Crippen molar-refractivity contribution in [3.8, 4) is 0 Å². The zero-order valence-corrected chi connectivity index (χ0v) is 19.1. The Hall–Kier alpha value is -3.03. The Morgan fingerprint density at radius 2 is 1.82 bits per heavy atom. The fourth-order valence-electron chi connectivity index (χ4n) is 3.44. The number of benzene rings is 2. The molecule has 0 aliphatic carbocycles. The molecular formula is C21H18F3N3O5S2. The topological polar surface area (TPSA) is 106 Å². The fourth-order valence-corrected chi connectivity index (χ4v) is 5.90. The first-order chi connectivity index (χ1) is 16.2. The van der Waals surface area contributed by atoms with Crippen LogP contribution < -0.4 is 5.32 Å². The van der Waals surface area contributed by atoms with Crippen molar-refractivity contribution in [2.45, 2.75) is 24.2 Å². The van der Waals surface area contributed by atoms with E-state index in [1.165, 1.54) is 28.6 Å². The van der Waals surface area contributed by atoms with E-state index in [2.05, 4.69) is 10.3 Å². The van der Waals surface area contributed by atoms with Gasteiger partial charge in [0.1, 0.15) is 5.52 Å². The van der Waals surface area contributed by atoms with Gasteiger partial charge in [-0.2, -0.15) is 4.31 Å². The zero-order valence-electron chi connectivity index (χ0n) is 17.5. The van der Waals surface area contributed by atoms with Crippen LogP contribution in [0.5, 0.6) is 0 Å². The maximum absolute atomic E-state index is 13.8. The maximum atomic E-state index is 13.8. The Kier molecular flexibility index (Phi) is 6.86. The number of carbonyl (C=O) groups is 2. The number of nitrogens with one attached hydrogen (secondary N) is 1. The summed E-state index contributed by atoms with van der Waals surface area (Å²) in [6.45, 7) is 0.0708. The molecule has 0 bridgehead atoms. The normalized spacial score (nSPS) is 14.8. The molecule has 0 atom stereocenters. The number of nitrogens with zero attached hydrogens (tertiary/aromatic N) is 2. The molecule has 0 spiro atoms. The first-order valence-corrected chi connectivity index (χ1v) is 12.4. The average molecular weight is 514 g/mol. The number of halogens is 3. The summed E-state index contributed by atoms with van der Waals surface area (Å²) in [4.78, 5) is 28.1. The fraction of sp³-hybridized carbons (Fsp3) is 0.286. The second-order valence-corrected chi connectivity index (χ2v) is 10.4. The number of aromatic nitrogens is 1. The van der Waals surface area contributed by atoms with Gasteiger partial charge in [0.2, 0.25) is 10.0 Å². The number of esters is 1. The lowest BCUT2D eigenvalue weighted by Gasteiger charge is -2.25. The van der Waals surface area contributed by atoms with Crippen LogP contribution in [-0.4, -0.2) is 49.3 Å². The summed E-state index contributed by atoms with van der Waals surface area (Å²) < 4.78 is 72.4. The first kappa shape index (κ1) is 24.1. The summed E-state index contributed by atoms with van der Waals surface area (Å²) in [5, 5.41) is 2.12. The minimum absolute atomic E-state index is 0.0181. The molecule has 4 rings (SSSR count). The quantitative estimate of drug-likeness (QED) is 0.398. The number of thiazole rings is 1. The molecule has 1 N–H and O–H groups in total. The van der Waals surface area contributed by atoms with Gasteiger partial charge in [-0.15, -0.1) is 0 Å². The average Bonchev–Trinajstić information content (AvgIpc) is 3.23. The Bertz CT molecular complexity index is 1370. The molecule has 180 valence electrons. The van der Waals surface area contributed by atoms with Crippen LogP contribution in [0, 0.1) is 17.5 Å². The van der Waals surface area contributed by atoms with Crippen molar-refractivity contribution in [3.05, 3.63) is 53.3 Å². The highest BCUT2D eigenvalue weighted by Crippen LogP contribution is 2.30. The van der Waals surface area contributed by atoms with Gasteiger partial charge in [0, 0.05) is 13.1 Å². The van der Waals surface area contributed by atoms with Crippen molar-refractivity contribution >= 4 is 48.6 Å². The van der Waals surface area contributed by atoms with Crippen LogP contribution in [0.3, 0.4) is 0 Å². The van der Waals surface area contributed by atoms with E-state index in [0.29, 0.717) is 24.4 Å². The van der Waals surface area contributed by atoms with Crippen molar-refractivity contribution in [2.75, 3.05) is 25.0 Å². The van der Waals surface area contributed by atoms with Crippen LogP contribution in [0.25, 0.3) is 10.2 Å². The van der Waals surface area contributed by atoms with E-state index >= 15 is 0 Å². The monoisotopic (exact) mass is 513 g/mol. The van der Waals surface area contributed by atoms with Crippen molar-refractivity contribution in [1.29, 1.82) is 0 Å². The molecular weight excluding hydrogens is 495 g/mol. The molecule has 0 radical (unpaired) electrons. The predicted molar refractivity (Wildman–Crippen MR) is 117 cm³/mol. The second-order valence-electron chi connectivity index (χ2n) is 7.47. The van der Waals surface area contributed by atoms with Gasteiger partial charge in [0.05, 0.1) is 15.2 Å². The molecule has 13 heteroatoms. The molecule has 2 heterocycles. The maximum Gasteiger partial charge on any atom is 0.338 e. The third-order valence-corrected chi connectivity index (χ3v) is 7.94. The lowest BCUT2D eigenvalue weighted by atomic mass is 10.2. The Labute approximate surface area is 196 Å². The van der Waals surface area contributed by atoms with Gasteiger partial charge in [-0.05, 0) is 37.1 Å². The number of piperidine rings is 1. The van der Waals surface area contributed by atoms with Crippen LogP contribution in [0.4, 0.5) is 18.3 Å². The summed E-state index contributed by atoms with van der Waals surface area (Å²) >= 11 is 0.710. The van der Waals surface area contributed by atoms with Gasteiger partial charge in [-0.3, -0.25) is 10.1 Å². The van der Waals surface area contributed by atoms with E-state index in [-0.39, 0.29) is 20.3 Å². The van der Waals surface area contributed by atoms with Crippen molar-refractivity contribution in [2.24, 2.45) is 0 Å². The van der Waals surface area contributed by atoms with Crippen LogP contribution >= 0.6 is 11.3 Å². The van der Waals surface area contributed by atoms with Crippen molar-refractivity contribution < 1.29 is 35.9 Å². The van der Waals surface area contributed by atoms with Crippen LogP contribution in [0.15, 0.2) is 35.2 Å². The van der Waals surface area contributed by atoms with Crippen LogP contribution in [0.1, 0.15) is 29.6 Å². The number of hydrogen-bond acceptors (Lipinski definition) is 7. The van der Waals surface area contributed by atoms with E-state index in [4.69, 9.17) is 4.74 Å². The summed E-state index contributed by atoms with van der Waals surface area (Å²) in [6, 6.07) is 6.08. The van der Waals surface area contributed by atoms with Gasteiger partial charge >= 0.3 is 5.97 Å². The van der Waals surface area contributed by atoms with E-state index in [9.17, 15) is 31.2 Å². The molecule has 8 nitrogen and oxygen atoms in total. The SMILES string of the molecule is O=C(COC(=O)c1cccc(S(=O)(=O)N2CCCCC2)c1)Nc1nc2c(F)c(F)c(F)cc2s1. The molecule has 2 aromatic carbocycles. The highest BCUT2D eigenvalue weighted by molar-refractivity contribution is 7.89. The van der Waals surface area contributed by atoms with Gasteiger partial charge in [-0.1, -0.05) is 23.8 Å². The first-order valence-electron chi connectivity index (χ1n) is 10.2. The lowest BCUT2D eigenvalue weighted by Crippen LogP contribution is -2.35. The Morgan fingerprint density at radius 3 is 2.56 bits per heavy atom. The number of anilines is 1. The minimum atomic E-state index is -3.76. The Balaban J connectivity index is 1.40. The molecule has 1 aliphatic rings. The third-order valence-electron chi connectivity index (χ3n) is 5.12. The number of hydrogen-bond donors (Lipinski definition) is 1. The standard InChI is InChI=1S/C21H18F3N3O5S2/c22-14-10-15-19(18(24)17(14)23)26-21(33-15)25-16(28)11-32-20(29)12-5-4-6-13(9-12)34(30,31)27-7-2-1-3-8-27/h4-6,9-10H,1-3,7-8,11H2,(H,25,26,28). The molecule has 1 fully saturated rings. The molecule has 1 aliphatic heterocycles. The second kappa shape index (κ2) is 9.68. The van der Waals surface area contributed by atoms with Crippen LogP contribution in [0.2, 0.25) is 0 Å². The van der Waals surface area contributed by atoms with E-state index in [1.807, 2.05) is 0 Å². The Morgan fingerprint density at radius 1 is 1.09 bits per heavy atom. The minimum Gasteiger partial charge on any atom is -0.452 e. The number of fused-ring (bicyclic) bond motifs is 1. The summed E-state index contributed by atoms with van der Waals surface area (Å²) in [5.41, 5.74) is -0.498. The molecule has 1 saturated heterocycles. The van der Waals surface area contributed by atoms with E-state index in [0.717, 1.165) is 25.3 Å². The van der Waals surface area contributed by atoms with Crippen LogP contribution in [-0.2, 0) is 19.6 Å². The summed E-state index contributed by atoms with van der Waals surface area (Å²) in [5.74, 6) is -6.28. The smallest absolute Gasteiger partial charge is 0.338 e. The van der Waals surface area contributed by atoms with E-state index < -0.39 is 51.5 Å². The molecule has 1 aromatic heterocycles. The number of amides is 1. The highest BCUT2D eigenvalue weighted by Gasteiger charge is 2.27. The number of rotatable bonds is 6. The molecule has 0 unspecified atom stereocenters. The van der Waals surface area contributed by atoms with Crippen molar-refractivity contribution in [3.63, 3.8) is 0 Å². The number of carbonyl (C=O) groups excluding carboxylic acids is 2. The largest absolute Gasteiger partial charge is 0.452 e. The summed E-state index contributed by atoms with van der Waals surface area (Å²) in [7, 11) is -3.76. The van der Waals surface area contributed by atoms with Gasteiger partial charge < -0.3 is 4.74 Å². The predicted octanol–water partition coefficient (Wildman–Crippen LogP) is 3.68. The third kappa shape index (κ3) is 4.91.